The van der Waals surface area contributed by atoms with Crippen molar-refractivity contribution in [1.82, 2.24) is 0 Å². The molecule has 2 aliphatic rings. The van der Waals surface area contributed by atoms with Crippen molar-refractivity contribution >= 4 is 11.4 Å². The van der Waals surface area contributed by atoms with Gasteiger partial charge in [-0.25, -0.2) is 0 Å². The summed E-state index contributed by atoms with van der Waals surface area (Å²) in [7, 11) is 0. The molecule has 1 heterocycles. The highest BCUT2D eigenvalue weighted by Crippen LogP contribution is 2.38. The van der Waals surface area contributed by atoms with Crippen LogP contribution < -0.4 is 5.73 Å². The number of hydrogen-bond acceptors (Lipinski definition) is 2. The normalized spacial score (nSPS) is 21.8. The first-order valence-corrected chi connectivity index (χ1v) is 8.56. The molecular formula is C22H22N2. The number of fused-ring (bicyclic) bond motifs is 3. The Balaban J connectivity index is 1.89. The van der Waals surface area contributed by atoms with Crippen molar-refractivity contribution in [2.24, 2.45) is 10.9 Å². The molecule has 0 bridgehead atoms. The fraction of sp³-hybridized carbons (Fsp3) is 0.227. The summed E-state index contributed by atoms with van der Waals surface area (Å²) in [6.45, 7) is 4.46. The quantitative estimate of drug-likeness (QED) is 0.800. The third-order valence-electron chi connectivity index (χ3n) is 4.91. The molecule has 2 nitrogen and oxygen atoms in total. The fourth-order valence-corrected chi connectivity index (χ4v) is 3.59. The zero-order valence-corrected chi connectivity index (χ0v) is 14.1. The van der Waals surface area contributed by atoms with Gasteiger partial charge in [0, 0.05) is 22.7 Å². The van der Waals surface area contributed by atoms with Crippen LogP contribution in [0.15, 0.2) is 77.3 Å². The lowest BCUT2D eigenvalue weighted by molar-refractivity contribution is 0.672. The first kappa shape index (κ1) is 14.9. The van der Waals surface area contributed by atoms with E-state index in [-0.39, 0.29) is 6.04 Å². The summed E-state index contributed by atoms with van der Waals surface area (Å²) in [5, 5.41) is 0. The maximum Gasteiger partial charge on any atom is 0.0796 e. The van der Waals surface area contributed by atoms with Crippen LogP contribution in [0.4, 0.5) is 5.69 Å². The average molecular weight is 314 g/mol. The summed E-state index contributed by atoms with van der Waals surface area (Å²) in [6, 6.07) is 16.8. The van der Waals surface area contributed by atoms with Crippen LogP contribution in [0, 0.1) is 5.92 Å². The highest BCUT2D eigenvalue weighted by molar-refractivity contribution is 6.15. The number of nitrogens with two attached hydrogens (primary N) is 1. The van der Waals surface area contributed by atoms with Gasteiger partial charge in [-0.3, -0.25) is 4.99 Å². The molecule has 1 aliphatic heterocycles. The molecule has 0 saturated heterocycles. The highest BCUT2D eigenvalue weighted by atomic mass is 14.8. The summed E-state index contributed by atoms with van der Waals surface area (Å²) < 4.78 is 0. The topological polar surface area (TPSA) is 38.4 Å². The first-order chi connectivity index (χ1) is 11.6. The Morgan fingerprint density at radius 3 is 2.58 bits per heavy atom. The summed E-state index contributed by atoms with van der Waals surface area (Å²) in [6.07, 6.45) is 6.90. The lowest BCUT2D eigenvalue weighted by atomic mass is 9.78. The maximum atomic E-state index is 6.07. The minimum absolute atomic E-state index is 0.165. The zero-order valence-electron chi connectivity index (χ0n) is 14.1. The zero-order chi connectivity index (χ0) is 16.7. The molecule has 0 radical (unpaired) electrons. The summed E-state index contributed by atoms with van der Waals surface area (Å²) in [5.41, 5.74) is 12.9. The number of hydrogen-bond donors (Lipinski definition) is 1. The van der Waals surface area contributed by atoms with Crippen LogP contribution in [0.5, 0.6) is 0 Å². The number of aliphatic imine (C=N–C) groups is 1. The Morgan fingerprint density at radius 1 is 1.04 bits per heavy atom. The minimum atomic E-state index is 0.165. The van der Waals surface area contributed by atoms with Crippen LogP contribution in [0.25, 0.3) is 0 Å². The van der Waals surface area contributed by atoms with E-state index < -0.39 is 0 Å². The smallest absolute Gasteiger partial charge is 0.0796 e. The molecule has 0 amide bonds. The average Bonchev–Trinajstić information content (AvgIpc) is 2.61. The molecule has 2 unspecified atom stereocenters. The predicted octanol–water partition coefficient (Wildman–Crippen LogP) is 4.72. The molecule has 2 heteroatoms. The van der Waals surface area contributed by atoms with Crippen molar-refractivity contribution < 1.29 is 0 Å². The van der Waals surface area contributed by atoms with Gasteiger partial charge in [-0.1, -0.05) is 68.5 Å². The molecule has 2 atom stereocenters. The Bertz CT molecular complexity index is 857. The monoisotopic (exact) mass is 314 g/mol. The number of allylic oxidation sites excluding steroid dienone is 2. The molecule has 0 saturated carbocycles. The van der Waals surface area contributed by atoms with E-state index in [1.165, 1.54) is 11.1 Å². The molecular weight excluding hydrogens is 292 g/mol. The second-order valence-corrected chi connectivity index (χ2v) is 6.89. The molecule has 2 aromatic carbocycles. The van der Waals surface area contributed by atoms with E-state index in [1.54, 1.807) is 0 Å². The van der Waals surface area contributed by atoms with Gasteiger partial charge in [0.05, 0.1) is 11.8 Å². The van der Waals surface area contributed by atoms with Gasteiger partial charge in [0.2, 0.25) is 0 Å². The van der Waals surface area contributed by atoms with Gasteiger partial charge in [0.15, 0.2) is 0 Å². The molecule has 2 aromatic rings. The number of nitrogen functional groups attached to an aromatic ring is 1. The molecule has 24 heavy (non-hydrogen) atoms. The molecule has 4 rings (SSSR count). The van der Waals surface area contributed by atoms with E-state index in [1.807, 2.05) is 12.1 Å². The van der Waals surface area contributed by atoms with Gasteiger partial charge >= 0.3 is 0 Å². The van der Waals surface area contributed by atoms with Crippen LogP contribution in [-0.2, 0) is 0 Å². The van der Waals surface area contributed by atoms with Gasteiger partial charge in [0.25, 0.3) is 0 Å². The lowest BCUT2D eigenvalue weighted by Crippen LogP contribution is -2.27. The van der Waals surface area contributed by atoms with Gasteiger partial charge in [-0.15, -0.1) is 0 Å². The van der Waals surface area contributed by atoms with Crippen molar-refractivity contribution in [2.75, 3.05) is 5.73 Å². The Morgan fingerprint density at radius 2 is 1.83 bits per heavy atom. The lowest BCUT2D eigenvalue weighted by Gasteiger charge is -2.32. The number of anilines is 1. The maximum absolute atomic E-state index is 6.07. The molecule has 2 N–H and O–H groups in total. The van der Waals surface area contributed by atoms with Crippen LogP contribution >= 0.6 is 0 Å². The number of nitrogens with zero attached hydrogens (tertiary/aromatic N) is 1. The van der Waals surface area contributed by atoms with Gasteiger partial charge < -0.3 is 5.73 Å². The van der Waals surface area contributed by atoms with Crippen LogP contribution in [0.2, 0.25) is 0 Å². The SMILES string of the molecule is CC(C)C1=CC2N=C(c3ccccc3)c3cc(N)ccc3C2C=C1. The van der Waals surface area contributed by atoms with E-state index in [4.69, 9.17) is 10.7 Å². The van der Waals surface area contributed by atoms with E-state index in [0.717, 1.165) is 22.5 Å². The highest BCUT2D eigenvalue weighted by Gasteiger charge is 2.31. The van der Waals surface area contributed by atoms with E-state index in [2.05, 4.69) is 68.5 Å². The van der Waals surface area contributed by atoms with E-state index in [9.17, 15) is 0 Å². The molecule has 1 aliphatic carbocycles. The second kappa shape index (κ2) is 5.79. The van der Waals surface area contributed by atoms with Crippen molar-refractivity contribution in [3.63, 3.8) is 0 Å². The van der Waals surface area contributed by atoms with Crippen LogP contribution in [0.3, 0.4) is 0 Å². The molecule has 0 fully saturated rings. The second-order valence-electron chi connectivity index (χ2n) is 6.89. The van der Waals surface area contributed by atoms with E-state index in [0.29, 0.717) is 11.8 Å². The minimum Gasteiger partial charge on any atom is -0.399 e. The van der Waals surface area contributed by atoms with Crippen molar-refractivity contribution in [3.05, 3.63) is 89.0 Å². The fourth-order valence-electron chi connectivity index (χ4n) is 3.59. The van der Waals surface area contributed by atoms with E-state index >= 15 is 0 Å². The third kappa shape index (κ3) is 2.48. The van der Waals surface area contributed by atoms with Gasteiger partial charge in [-0.2, -0.15) is 0 Å². The van der Waals surface area contributed by atoms with Crippen molar-refractivity contribution in [3.8, 4) is 0 Å². The Labute approximate surface area is 143 Å². The van der Waals surface area contributed by atoms with Crippen molar-refractivity contribution in [2.45, 2.75) is 25.8 Å². The third-order valence-corrected chi connectivity index (χ3v) is 4.91. The summed E-state index contributed by atoms with van der Waals surface area (Å²) in [4.78, 5) is 5.12. The van der Waals surface area contributed by atoms with Gasteiger partial charge in [-0.05, 0) is 29.2 Å². The van der Waals surface area contributed by atoms with Crippen molar-refractivity contribution in [1.29, 1.82) is 0 Å². The number of rotatable bonds is 2. The van der Waals surface area contributed by atoms with Gasteiger partial charge in [0.1, 0.15) is 0 Å². The molecule has 0 spiro atoms. The summed E-state index contributed by atoms with van der Waals surface area (Å²) >= 11 is 0. The Hall–Kier alpha value is -2.61. The first-order valence-electron chi connectivity index (χ1n) is 8.56. The molecule has 0 aromatic heterocycles. The van der Waals surface area contributed by atoms with Crippen LogP contribution in [-0.4, -0.2) is 11.8 Å². The predicted molar refractivity (Wildman–Crippen MR) is 102 cm³/mol. The Kier molecular flexibility index (Phi) is 3.61. The largest absolute Gasteiger partial charge is 0.399 e. The molecule has 120 valence electrons. The standard InChI is InChI=1S/C22H22N2/c1-14(2)16-8-10-19-18-11-9-17(23)13-20(18)22(24-21(19)12-16)15-6-4-3-5-7-15/h3-14,19,21H,23H2,1-2H3. The number of benzene rings is 2. The summed E-state index contributed by atoms with van der Waals surface area (Å²) in [5.74, 6) is 0.820. The van der Waals surface area contributed by atoms with Crippen LogP contribution in [0.1, 0.15) is 36.5 Å².